The maximum Gasteiger partial charge on any atom is 0.0824 e. The number of hydrogen-bond acceptors (Lipinski definition) is 2. The summed E-state index contributed by atoms with van der Waals surface area (Å²) in [6, 6.07) is 0. The fourth-order valence-electron chi connectivity index (χ4n) is 2.14. The van der Waals surface area contributed by atoms with Crippen LogP contribution >= 0.6 is 0 Å². The van der Waals surface area contributed by atoms with Gasteiger partial charge in [0.05, 0.1) is 12.2 Å². The summed E-state index contributed by atoms with van der Waals surface area (Å²) >= 11 is 0. The molecule has 1 saturated carbocycles. The molecule has 11 heavy (non-hydrogen) atoms. The Kier molecular flexibility index (Phi) is 2.26. The van der Waals surface area contributed by atoms with Gasteiger partial charge in [-0.15, -0.1) is 0 Å². The molecule has 3 atom stereocenters. The van der Waals surface area contributed by atoms with E-state index < -0.39 is 12.2 Å². The van der Waals surface area contributed by atoms with Crippen LogP contribution in [0.1, 0.15) is 33.6 Å². The fourth-order valence-corrected chi connectivity index (χ4v) is 2.14. The van der Waals surface area contributed by atoms with Gasteiger partial charge in [-0.25, -0.2) is 0 Å². The van der Waals surface area contributed by atoms with E-state index in [1.807, 2.05) is 6.92 Å². The molecule has 0 aromatic carbocycles. The number of rotatable bonds is 0. The van der Waals surface area contributed by atoms with Crippen molar-refractivity contribution in [2.24, 2.45) is 11.3 Å². The number of aliphatic hydroxyl groups excluding tert-OH is 2. The summed E-state index contributed by atoms with van der Waals surface area (Å²) in [6.45, 7) is 6.27. The molecular formula is C9H18O2. The second kappa shape index (κ2) is 2.76. The first-order valence-electron chi connectivity index (χ1n) is 4.28. The van der Waals surface area contributed by atoms with Crippen LogP contribution < -0.4 is 0 Å². The summed E-state index contributed by atoms with van der Waals surface area (Å²) in [5.74, 6) is 0.230. The van der Waals surface area contributed by atoms with Gasteiger partial charge in [-0.3, -0.25) is 0 Å². The van der Waals surface area contributed by atoms with E-state index in [1.165, 1.54) is 0 Å². The highest BCUT2D eigenvalue weighted by Gasteiger charge is 2.37. The van der Waals surface area contributed by atoms with Crippen molar-refractivity contribution in [3.63, 3.8) is 0 Å². The first-order chi connectivity index (χ1) is 4.92. The van der Waals surface area contributed by atoms with Crippen molar-refractivity contribution in [2.45, 2.75) is 45.8 Å². The zero-order chi connectivity index (χ0) is 8.65. The minimum absolute atomic E-state index is 0.193. The van der Waals surface area contributed by atoms with Crippen molar-refractivity contribution >= 4 is 0 Å². The molecule has 2 unspecified atom stereocenters. The molecule has 1 aliphatic carbocycles. The van der Waals surface area contributed by atoms with Crippen molar-refractivity contribution < 1.29 is 10.2 Å². The lowest BCUT2D eigenvalue weighted by Gasteiger charge is -2.40. The molecule has 0 aromatic heterocycles. The lowest BCUT2D eigenvalue weighted by atomic mass is 9.70. The Morgan fingerprint density at radius 2 is 1.73 bits per heavy atom. The third kappa shape index (κ3) is 1.94. The van der Waals surface area contributed by atoms with Gasteiger partial charge < -0.3 is 10.2 Å². The monoisotopic (exact) mass is 158 g/mol. The van der Waals surface area contributed by atoms with Gasteiger partial charge in [0.15, 0.2) is 0 Å². The predicted molar refractivity (Wildman–Crippen MR) is 44.2 cm³/mol. The van der Waals surface area contributed by atoms with Gasteiger partial charge in [0, 0.05) is 0 Å². The van der Waals surface area contributed by atoms with Crippen LogP contribution in [0.4, 0.5) is 0 Å². The molecule has 0 heterocycles. The van der Waals surface area contributed by atoms with Gasteiger partial charge in [0.2, 0.25) is 0 Å². The molecule has 0 radical (unpaired) electrons. The highest BCUT2D eigenvalue weighted by Crippen LogP contribution is 2.38. The summed E-state index contributed by atoms with van der Waals surface area (Å²) in [5, 5.41) is 18.9. The zero-order valence-corrected chi connectivity index (χ0v) is 7.54. The van der Waals surface area contributed by atoms with Gasteiger partial charge in [0.25, 0.3) is 0 Å². The molecule has 0 aromatic rings. The van der Waals surface area contributed by atoms with Gasteiger partial charge >= 0.3 is 0 Å². The zero-order valence-electron chi connectivity index (χ0n) is 7.54. The molecule has 0 spiro atoms. The highest BCUT2D eigenvalue weighted by molar-refractivity contribution is 4.88. The summed E-state index contributed by atoms with van der Waals surface area (Å²) in [7, 11) is 0. The van der Waals surface area contributed by atoms with Crippen LogP contribution in [-0.4, -0.2) is 22.4 Å². The predicted octanol–water partition coefficient (Wildman–Crippen LogP) is 1.16. The standard InChI is InChI=1S/C9H18O2/c1-6-4-9(2,3)5-7(10)8(6)11/h6-8,10-11H,4-5H2,1-3H3/t6?,7?,8-/m1/s1. The Morgan fingerprint density at radius 3 is 2.18 bits per heavy atom. The third-order valence-corrected chi connectivity index (χ3v) is 2.61. The lowest BCUT2D eigenvalue weighted by Crippen LogP contribution is -2.42. The molecule has 2 heteroatoms. The van der Waals surface area contributed by atoms with Crippen LogP contribution in [0.3, 0.4) is 0 Å². The van der Waals surface area contributed by atoms with Crippen molar-refractivity contribution in [3.05, 3.63) is 0 Å². The maximum absolute atomic E-state index is 9.43. The molecule has 66 valence electrons. The summed E-state index contributed by atoms with van der Waals surface area (Å²) in [6.07, 6.45) is 0.695. The average molecular weight is 158 g/mol. The molecule has 0 bridgehead atoms. The fraction of sp³-hybridized carbons (Fsp3) is 1.00. The van der Waals surface area contributed by atoms with E-state index in [-0.39, 0.29) is 11.3 Å². The molecule has 1 fully saturated rings. The van der Waals surface area contributed by atoms with Crippen molar-refractivity contribution in [3.8, 4) is 0 Å². The van der Waals surface area contributed by atoms with Crippen molar-refractivity contribution in [1.29, 1.82) is 0 Å². The summed E-state index contributed by atoms with van der Waals surface area (Å²) < 4.78 is 0. The van der Waals surface area contributed by atoms with E-state index >= 15 is 0 Å². The smallest absolute Gasteiger partial charge is 0.0824 e. The molecule has 0 amide bonds. The van der Waals surface area contributed by atoms with Crippen molar-refractivity contribution in [1.82, 2.24) is 0 Å². The van der Waals surface area contributed by atoms with Gasteiger partial charge in [-0.2, -0.15) is 0 Å². The first-order valence-corrected chi connectivity index (χ1v) is 4.28. The van der Waals surface area contributed by atoms with Gasteiger partial charge in [-0.1, -0.05) is 20.8 Å². The lowest BCUT2D eigenvalue weighted by molar-refractivity contribution is -0.0755. The largest absolute Gasteiger partial charge is 0.390 e. The van der Waals surface area contributed by atoms with Gasteiger partial charge in [0.1, 0.15) is 0 Å². The van der Waals surface area contributed by atoms with Crippen LogP contribution in [0.5, 0.6) is 0 Å². The Balaban J connectivity index is 2.62. The normalized spacial score (nSPS) is 43.9. The second-order valence-corrected chi connectivity index (χ2v) is 4.61. The van der Waals surface area contributed by atoms with E-state index in [2.05, 4.69) is 13.8 Å². The van der Waals surface area contributed by atoms with E-state index in [9.17, 15) is 10.2 Å². The summed E-state index contributed by atoms with van der Waals surface area (Å²) in [5.41, 5.74) is 0.193. The Labute approximate surface area is 68.2 Å². The number of aliphatic hydroxyl groups is 2. The minimum Gasteiger partial charge on any atom is -0.390 e. The molecule has 2 N–H and O–H groups in total. The first kappa shape index (κ1) is 9.01. The van der Waals surface area contributed by atoms with Crippen LogP contribution in [0.2, 0.25) is 0 Å². The molecular weight excluding hydrogens is 140 g/mol. The van der Waals surface area contributed by atoms with Crippen LogP contribution in [0, 0.1) is 11.3 Å². The third-order valence-electron chi connectivity index (χ3n) is 2.61. The van der Waals surface area contributed by atoms with Crippen LogP contribution in [-0.2, 0) is 0 Å². The van der Waals surface area contributed by atoms with Crippen LogP contribution in [0.15, 0.2) is 0 Å². The molecule has 1 rings (SSSR count). The Hall–Kier alpha value is -0.0800. The van der Waals surface area contributed by atoms with Crippen LogP contribution in [0.25, 0.3) is 0 Å². The van der Waals surface area contributed by atoms with E-state index in [4.69, 9.17) is 0 Å². The number of hydrogen-bond donors (Lipinski definition) is 2. The average Bonchev–Trinajstić information content (AvgIpc) is 1.81. The minimum atomic E-state index is -0.520. The Morgan fingerprint density at radius 1 is 1.18 bits per heavy atom. The van der Waals surface area contributed by atoms with E-state index in [0.29, 0.717) is 0 Å². The topological polar surface area (TPSA) is 40.5 Å². The van der Waals surface area contributed by atoms with Crippen molar-refractivity contribution in [2.75, 3.05) is 0 Å². The molecule has 1 aliphatic rings. The van der Waals surface area contributed by atoms with E-state index in [1.54, 1.807) is 0 Å². The van der Waals surface area contributed by atoms with E-state index in [0.717, 1.165) is 12.8 Å². The molecule has 2 nitrogen and oxygen atoms in total. The quantitative estimate of drug-likeness (QED) is 0.555. The second-order valence-electron chi connectivity index (χ2n) is 4.61. The maximum atomic E-state index is 9.43. The SMILES string of the molecule is CC1CC(C)(C)CC(O)[C@@H]1O. The Bertz CT molecular complexity index is 128. The molecule has 0 aliphatic heterocycles. The van der Waals surface area contributed by atoms with Gasteiger partial charge in [-0.05, 0) is 24.2 Å². The highest BCUT2D eigenvalue weighted by atomic mass is 16.3. The summed E-state index contributed by atoms with van der Waals surface area (Å²) in [4.78, 5) is 0. The molecule has 0 saturated heterocycles.